The van der Waals surface area contributed by atoms with Gasteiger partial charge in [-0.05, 0) is 32.3 Å². The van der Waals surface area contributed by atoms with Gasteiger partial charge in [-0.25, -0.2) is 4.98 Å². The molecule has 6 heteroatoms. The van der Waals surface area contributed by atoms with Gasteiger partial charge in [0, 0.05) is 25.1 Å². The molecule has 0 bridgehead atoms. The molecule has 0 radical (unpaired) electrons. The van der Waals surface area contributed by atoms with Crippen molar-refractivity contribution in [1.82, 2.24) is 24.2 Å². The summed E-state index contributed by atoms with van der Waals surface area (Å²) in [4.78, 5) is 18.7. The van der Waals surface area contributed by atoms with Crippen LogP contribution in [0.5, 0.6) is 0 Å². The summed E-state index contributed by atoms with van der Waals surface area (Å²) in [6.07, 6.45) is 11.2. The largest absolute Gasteiger partial charge is 0.336 e. The van der Waals surface area contributed by atoms with Gasteiger partial charge in [0.15, 0.2) is 0 Å². The van der Waals surface area contributed by atoms with Gasteiger partial charge in [0.25, 0.3) is 0 Å². The molecular formula is C15H21N5O. The van der Waals surface area contributed by atoms with E-state index in [9.17, 15) is 4.79 Å². The van der Waals surface area contributed by atoms with Crippen molar-refractivity contribution in [2.45, 2.75) is 45.3 Å². The van der Waals surface area contributed by atoms with E-state index in [0.717, 1.165) is 31.5 Å². The number of amides is 1. The van der Waals surface area contributed by atoms with Gasteiger partial charge in [-0.2, -0.15) is 5.10 Å². The molecule has 2 atom stereocenters. The molecular weight excluding hydrogens is 266 g/mol. The molecule has 3 heterocycles. The van der Waals surface area contributed by atoms with Crippen LogP contribution in [-0.2, 0) is 11.3 Å². The van der Waals surface area contributed by atoms with Crippen LogP contribution in [0.25, 0.3) is 0 Å². The highest BCUT2D eigenvalue weighted by molar-refractivity contribution is 5.80. The fourth-order valence-electron chi connectivity index (χ4n) is 2.96. The maximum absolute atomic E-state index is 12.7. The molecule has 21 heavy (non-hydrogen) atoms. The zero-order valence-electron chi connectivity index (χ0n) is 12.5. The smallest absolute Gasteiger partial charge is 0.245 e. The van der Waals surface area contributed by atoms with Gasteiger partial charge < -0.3 is 9.47 Å². The third-order valence-corrected chi connectivity index (χ3v) is 4.15. The number of carbonyl (C=O) groups is 1. The summed E-state index contributed by atoms with van der Waals surface area (Å²) < 4.78 is 3.79. The highest BCUT2D eigenvalue weighted by atomic mass is 16.2. The van der Waals surface area contributed by atoms with Gasteiger partial charge >= 0.3 is 0 Å². The minimum absolute atomic E-state index is 0.166. The monoisotopic (exact) mass is 287 g/mol. The highest BCUT2D eigenvalue weighted by Crippen LogP contribution is 2.22. The van der Waals surface area contributed by atoms with E-state index >= 15 is 0 Å². The third-order valence-electron chi connectivity index (χ3n) is 4.15. The predicted octanol–water partition coefficient (Wildman–Crippen LogP) is 1.64. The van der Waals surface area contributed by atoms with Crippen LogP contribution in [0.4, 0.5) is 0 Å². The summed E-state index contributed by atoms with van der Waals surface area (Å²) in [6, 6.07) is 0.0372. The number of rotatable bonds is 4. The van der Waals surface area contributed by atoms with Crippen molar-refractivity contribution in [3.05, 3.63) is 36.7 Å². The lowest BCUT2D eigenvalue weighted by atomic mass is 10.2. The Bertz CT molecular complexity index is 603. The van der Waals surface area contributed by atoms with Crippen molar-refractivity contribution in [3.63, 3.8) is 0 Å². The molecule has 1 aliphatic heterocycles. The minimum atomic E-state index is -0.201. The van der Waals surface area contributed by atoms with Crippen molar-refractivity contribution in [2.75, 3.05) is 6.54 Å². The zero-order chi connectivity index (χ0) is 14.8. The fourth-order valence-corrected chi connectivity index (χ4v) is 2.96. The van der Waals surface area contributed by atoms with Crippen LogP contribution in [0.1, 0.15) is 31.4 Å². The van der Waals surface area contributed by atoms with Gasteiger partial charge in [-0.15, -0.1) is 0 Å². The number of aryl methyl sites for hydroxylation is 1. The molecule has 112 valence electrons. The number of hydrogen-bond donors (Lipinski definition) is 0. The van der Waals surface area contributed by atoms with Crippen molar-refractivity contribution in [2.24, 2.45) is 0 Å². The molecule has 1 aliphatic rings. The lowest BCUT2D eigenvalue weighted by Crippen LogP contribution is -2.41. The highest BCUT2D eigenvalue weighted by Gasteiger charge is 2.32. The van der Waals surface area contributed by atoms with E-state index < -0.39 is 0 Å². The third kappa shape index (κ3) is 2.84. The Morgan fingerprint density at radius 1 is 1.52 bits per heavy atom. The first-order chi connectivity index (χ1) is 10.1. The number of nitrogens with zero attached hydrogens (tertiary/aromatic N) is 5. The average molecular weight is 287 g/mol. The Hall–Kier alpha value is -2.11. The molecule has 2 unspecified atom stereocenters. The molecule has 0 saturated carbocycles. The second kappa shape index (κ2) is 5.71. The average Bonchev–Trinajstić information content (AvgIpc) is 3.19. The van der Waals surface area contributed by atoms with E-state index in [0.29, 0.717) is 0 Å². The van der Waals surface area contributed by atoms with Crippen molar-refractivity contribution >= 4 is 5.91 Å². The Morgan fingerprint density at radius 2 is 2.38 bits per heavy atom. The van der Waals surface area contributed by atoms with Crippen molar-refractivity contribution < 1.29 is 4.79 Å². The Labute approximate surface area is 124 Å². The molecule has 2 aromatic heterocycles. The molecule has 1 fully saturated rings. The summed E-state index contributed by atoms with van der Waals surface area (Å²) in [5.74, 6) is 0.166. The first kappa shape index (κ1) is 13.9. The molecule has 0 N–H and O–H groups in total. The summed E-state index contributed by atoms with van der Waals surface area (Å²) in [5, 5.41) is 4.33. The topological polar surface area (TPSA) is 56.0 Å². The van der Waals surface area contributed by atoms with Crippen LogP contribution in [0.2, 0.25) is 0 Å². The summed E-state index contributed by atoms with van der Waals surface area (Å²) >= 11 is 0. The van der Waals surface area contributed by atoms with Crippen LogP contribution in [-0.4, -0.2) is 42.7 Å². The quantitative estimate of drug-likeness (QED) is 0.859. The number of imidazole rings is 1. The Morgan fingerprint density at radius 3 is 3.05 bits per heavy atom. The van der Waals surface area contributed by atoms with E-state index in [4.69, 9.17) is 0 Å². The van der Waals surface area contributed by atoms with E-state index in [1.54, 1.807) is 12.5 Å². The van der Waals surface area contributed by atoms with Gasteiger partial charge in [-0.3, -0.25) is 9.48 Å². The number of hydrogen-bond acceptors (Lipinski definition) is 3. The van der Waals surface area contributed by atoms with Gasteiger partial charge in [0.2, 0.25) is 5.91 Å². The van der Waals surface area contributed by atoms with Crippen LogP contribution in [0.3, 0.4) is 0 Å². The number of carbonyl (C=O) groups excluding carboxylic acids is 1. The molecule has 0 spiro atoms. The van der Waals surface area contributed by atoms with Crippen molar-refractivity contribution in [3.8, 4) is 0 Å². The predicted molar refractivity (Wildman–Crippen MR) is 78.6 cm³/mol. The number of likely N-dealkylation sites (tertiary alicyclic amines) is 1. The number of aromatic nitrogens is 4. The molecule has 1 saturated heterocycles. The van der Waals surface area contributed by atoms with Crippen LogP contribution < -0.4 is 0 Å². The van der Waals surface area contributed by atoms with E-state index in [-0.39, 0.29) is 18.0 Å². The standard InChI is InChI=1S/C15H21N5O/c1-12-8-17-19(9-12)10-14-4-3-6-20(14)15(21)13(2)18-7-5-16-11-18/h5,7-9,11,13-14H,3-4,6,10H2,1-2H3. The molecule has 6 nitrogen and oxygen atoms in total. The second-order valence-corrected chi connectivity index (χ2v) is 5.75. The molecule has 3 rings (SSSR count). The minimum Gasteiger partial charge on any atom is -0.336 e. The van der Waals surface area contributed by atoms with Crippen LogP contribution >= 0.6 is 0 Å². The van der Waals surface area contributed by atoms with Crippen LogP contribution in [0, 0.1) is 6.92 Å². The summed E-state index contributed by atoms with van der Waals surface area (Å²) in [7, 11) is 0. The molecule has 1 amide bonds. The zero-order valence-corrected chi connectivity index (χ0v) is 12.5. The van der Waals surface area contributed by atoms with E-state index in [1.807, 2.05) is 46.6 Å². The summed E-state index contributed by atoms with van der Waals surface area (Å²) in [6.45, 7) is 5.57. The Balaban J connectivity index is 1.70. The first-order valence-corrected chi connectivity index (χ1v) is 7.42. The molecule has 0 aliphatic carbocycles. The SMILES string of the molecule is Cc1cnn(CC2CCCN2C(=O)C(C)n2ccnc2)c1. The fraction of sp³-hybridized carbons (Fsp3) is 0.533. The van der Waals surface area contributed by atoms with Crippen LogP contribution in [0.15, 0.2) is 31.1 Å². The lowest BCUT2D eigenvalue weighted by Gasteiger charge is -2.28. The van der Waals surface area contributed by atoms with Gasteiger partial charge in [0.1, 0.15) is 6.04 Å². The Kier molecular flexibility index (Phi) is 3.77. The maximum atomic E-state index is 12.7. The summed E-state index contributed by atoms with van der Waals surface area (Å²) in [5.41, 5.74) is 1.15. The second-order valence-electron chi connectivity index (χ2n) is 5.75. The molecule has 0 aromatic carbocycles. The van der Waals surface area contributed by atoms with E-state index in [2.05, 4.69) is 10.1 Å². The first-order valence-electron chi connectivity index (χ1n) is 7.42. The molecule has 2 aromatic rings. The van der Waals surface area contributed by atoms with Gasteiger partial charge in [-0.1, -0.05) is 0 Å². The maximum Gasteiger partial charge on any atom is 0.245 e. The lowest BCUT2D eigenvalue weighted by molar-refractivity contribution is -0.135. The van der Waals surface area contributed by atoms with E-state index in [1.165, 1.54) is 0 Å². The van der Waals surface area contributed by atoms with Crippen molar-refractivity contribution in [1.29, 1.82) is 0 Å². The van der Waals surface area contributed by atoms with Gasteiger partial charge in [0.05, 0.1) is 25.1 Å². The normalized spacial score (nSPS) is 19.9.